The monoisotopic (exact) mass is 292 g/mol. The van der Waals surface area contributed by atoms with Crippen LogP contribution in [0.3, 0.4) is 0 Å². The zero-order valence-corrected chi connectivity index (χ0v) is 12.6. The predicted octanol–water partition coefficient (Wildman–Crippen LogP) is 2.29. The normalized spacial score (nSPS) is 11.9. The number of nitrogens with zero attached hydrogens (tertiary/aromatic N) is 3. The molecule has 106 valence electrons. The van der Waals surface area contributed by atoms with Gasteiger partial charge in [0.25, 0.3) is 0 Å². The fourth-order valence-electron chi connectivity index (χ4n) is 1.77. The smallest absolute Gasteiger partial charge is 0.342 e. The van der Waals surface area contributed by atoms with Crippen LogP contribution in [0.2, 0.25) is 0 Å². The quantitative estimate of drug-likeness (QED) is 0.667. The van der Waals surface area contributed by atoms with Crippen molar-refractivity contribution in [2.45, 2.75) is 25.9 Å². The summed E-state index contributed by atoms with van der Waals surface area (Å²) in [6.45, 7) is 5.71. The summed E-state index contributed by atoms with van der Waals surface area (Å²) in [5, 5.41) is 16.3. The van der Waals surface area contributed by atoms with Crippen LogP contribution in [0.15, 0.2) is 16.1 Å². The van der Waals surface area contributed by atoms with Gasteiger partial charge in [0.05, 0.1) is 0 Å². The summed E-state index contributed by atoms with van der Waals surface area (Å²) in [5.41, 5.74) is 2.99. The molecule has 7 heteroatoms. The molecular formula is C13H16N4O2S. The maximum Gasteiger partial charge on any atom is 0.342 e. The van der Waals surface area contributed by atoms with Crippen molar-refractivity contribution in [1.29, 1.82) is 0 Å². The highest BCUT2D eigenvalue weighted by molar-refractivity contribution is 8.04. The van der Waals surface area contributed by atoms with Gasteiger partial charge in [0.2, 0.25) is 5.16 Å². The number of aliphatic carboxylic acids is 1. The Morgan fingerprint density at radius 1 is 1.45 bits per heavy atom. The lowest BCUT2D eigenvalue weighted by molar-refractivity contribution is -0.131. The predicted molar refractivity (Wildman–Crippen MR) is 77.5 cm³/mol. The number of aromatic nitrogens is 4. The van der Waals surface area contributed by atoms with Gasteiger partial charge >= 0.3 is 5.97 Å². The highest BCUT2D eigenvalue weighted by Crippen LogP contribution is 2.27. The van der Waals surface area contributed by atoms with Crippen LogP contribution in [-0.2, 0) is 11.8 Å². The fraction of sp³-hybridized carbons (Fsp3) is 0.308. The highest BCUT2D eigenvalue weighted by Gasteiger charge is 2.14. The van der Waals surface area contributed by atoms with E-state index < -0.39 is 5.97 Å². The lowest BCUT2D eigenvalue weighted by Crippen LogP contribution is -1.98. The molecule has 0 aromatic carbocycles. The third-order valence-electron chi connectivity index (χ3n) is 3.09. The number of carboxylic acid groups (broad SMARTS) is 1. The van der Waals surface area contributed by atoms with Crippen LogP contribution in [-0.4, -0.2) is 30.8 Å². The lowest BCUT2D eigenvalue weighted by Gasteiger charge is -2.01. The number of thioether (sulfide) groups is 1. The molecule has 2 N–H and O–H groups in total. The molecule has 0 aliphatic carbocycles. The van der Waals surface area contributed by atoms with Crippen molar-refractivity contribution in [3.05, 3.63) is 33.7 Å². The molecule has 0 spiro atoms. The van der Waals surface area contributed by atoms with Crippen molar-refractivity contribution in [1.82, 2.24) is 19.7 Å². The number of rotatable bonds is 4. The summed E-state index contributed by atoms with van der Waals surface area (Å²) in [4.78, 5) is 15.7. The summed E-state index contributed by atoms with van der Waals surface area (Å²) in [6.07, 6.45) is 1.65. The molecule has 2 heterocycles. The topological polar surface area (TPSA) is 83.8 Å². The summed E-state index contributed by atoms with van der Waals surface area (Å²) >= 11 is 1.04. The Kier molecular flexibility index (Phi) is 3.99. The molecule has 0 aliphatic heterocycles. The largest absolute Gasteiger partial charge is 0.477 e. The Balaban J connectivity index is 2.35. The van der Waals surface area contributed by atoms with Crippen molar-refractivity contribution < 1.29 is 9.90 Å². The van der Waals surface area contributed by atoms with Crippen LogP contribution in [0.25, 0.3) is 6.08 Å². The third-order valence-corrected chi connectivity index (χ3v) is 3.97. The molecule has 0 atom stereocenters. The second-order valence-electron chi connectivity index (χ2n) is 4.50. The van der Waals surface area contributed by atoms with Crippen LogP contribution in [0.4, 0.5) is 0 Å². The average Bonchev–Trinajstić information content (AvgIpc) is 2.89. The van der Waals surface area contributed by atoms with Crippen LogP contribution in [0.5, 0.6) is 0 Å². The summed E-state index contributed by atoms with van der Waals surface area (Å²) in [7, 11) is 1.95. The molecule has 0 amide bonds. The SMILES string of the molecule is Cc1nc(S/C(=C\c2cc(C)n(C)c2C)C(=O)O)n[nH]1. The number of hydrogen-bond acceptors (Lipinski definition) is 4. The first kappa shape index (κ1) is 14.4. The van der Waals surface area contributed by atoms with E-state index in [2.05, 4.69) is 15.2 Å². The zero-order valence-electron chi connectivity index (χ0n) is 11.8. The van der Waals surface area contributed by atoms with Crippen molar-refractivity contribution in [3.8, 4) is 0 Å². The minimum atomic E-state index is -0.988. The third kappa shape index (κ3) is 2.93. The fourth-order valence-corrected chi connectivity index (χ4v) is 2.52. The summed E-state index contributed by atoms with van der Waals surface area (Å²) in [5.74, 6) is -0.331. The molecule has 2 aromatic heterocycles. The lowest BCUT2D eigenvalue weighted by atomic mass is 10.2. The van der Waals surface area contributed by atoms with E-state index in [0.717, 1.165) is 28.7 Å². The number of hydrogen-bond donors (Lipinski definition) is 2. The van der Waals surface area contributed by atoms with E-state index >= 15 is 0 Å². The molecule has 0 unspecified atom stereocenters. The van der Waals surface area contributed by atoms with Gasteiger partial charge in [0.1, 0.15) is 10.7 Å². The maximum absolute atomic E-state index is 11.4. The minimum absolute atomic E-state index is 0.192. The molecule has 0 saturated heterocycles. The Morgan fingerprint density at radius 3 is 2.60 bits per heavy atom. The molecule has 0 fully saturated rings. The maximum atomic E-state index is 11.4. The minimum Gasteiger partial charge on any atom is -0.477 e. The number of aryl methyl sites for hydroxylation is 2. The molecular weight excluding hydrogens is 276 g/mol. The van der Waals surface area contributed by atoms with E-state index in [0.29, 0.717) is 11.0 Å². The van der Waals surface area contributed by atoms with Crippen LogP contribution in [0.1, 0.15) is 22.8 Å². The standard InChI is InChI=1S/C13H16N4O2S/c1-7-5-10(8(2)17(7)4)6-11(12(18)19)20-13-14-9(3)15-16-13/h5-6H,1-4H3,(H,18,19)(H,14,15,16)/b11-6-. The number of H-pyrrole nitrogens is 1. The first-order valence-corrected chi connectivity index (χ1v) is 6.85. The summed E-state index contributed by atoms with van der Waals surface area (Å²) in [6, 6.07) is 1.96. The molecule has 0 radical (unpaired) electrons. The number of aromatic amines is 1. The number of carboxylic acids is 1. The van der Waals surface area contributed by atoms with Crippen molar-refractivity contribution in [2.75, 3.05) is 0 Å². The molecule has 6 nitrogen and oxygen atoms in total. The van der Waals surface area contributed by atoms with E-state index in [4.69, 9.17) is 0 Å². The van der Waals surface area contributed by atoms with Gasteiger partial charge in [-0.05, 0) is 50.2 Å². The average molecular weight is 292 g/mol. The van der Waals surface area contributed by atoms with Gasteiger partial charge in [0, 0.05) is 18.4 Å². The first-order valence-electron chi connectivity index (χ1n) is 6.03. The number of carbonyl (C=O) groups is 1. The van der Waals surface area contributed by atoms with Crippen molar-refractivity contribution >= 4 is 23.8 Å². The molecule has 0 aliphatic rings. The van der Waals surface area contributed by atoms with Gasteiger partial charge in [-0.25, -0.2) is 9.78 Å². The van der Waals surface area contributed by atoms with E-state index in [9.17, 15) is 9.90 Å². The van der Waals surface area contributed by atoms with E-state index in [1.165, 1.54) is 0 Å². The van der Waals surface area contributed by atoms with E-state index in [1.54, 1.807) is 13.0 Å². The molecule has 0 bridgehead atoms. The molecule has 2 rings (SSSR count). The molecule has 0 saturated carbocycles. The second-order valence-corrected chi connectivity index (χ2v) is 5.51. The Bertz CT molecular complexity index is 685. The van der Waals surface area contributed by atoms with Crippen LogP contribution in [0, 0.1) is 20.8 Å². The molecule has 2 aromatic rings. The first-order chi connectivity index (χ1) is 9.38. The highest BCUT2D eigenvalue weighted by atomic mass is 32.2. The van der Waals surface area contributed by atoms with Crippen LogP contribution < -0.4 is 0 Å². The van der Waals surface area contributed by atoms with E-state index in [1.807, 2.05) is 31.5 Å². The Labute approximate surface area is 120 Å². The Morgan fingerprint density at radius 2 is 2.15 bits per heavy atom. The van der Waals surface area contributed by atoms with Gasteiger partial charge in [-0.2, -0.15) is 0 Å². The van der Waals surface area contributed by atoms with Gasteiger partial charge in [-0.1, -0.05) is 0 Å². The van der Waals surface area contributed by atoms with E-state index in [-0.39, 0.29) is 4.91 Å². The van der Waals surface area contributed by atoms with Gasteiger partial charge in [-0.3, -0.25) is 5.10 Å². The van der Waals surface area contributed by atoms with Crippen molar-refractivity contribution in [2.24, 2.45) is 7.05 Å². The van der Waals surface area contributed by atoms with Crippen molar-refractivity contribution in [3.63, 3.8) is 0 Å². The van der Waals surface area contributed by atoms with Gasteiger partial charge in [-0.15, -0.1) is 5.10 Å². The van der Waals surface area contributed by atoms with Crippen LogP contribution >= 0.6 is 11.8 Å². The zero-order chi connectivity index (χ0) is 14.9. The second kappa shape index (κ2) is 5.54. The van der Waals surface area contributed by atoms with Gasteiger partial charge < -0.3 is 9.67 Å². The summed E-state index contributed by atoms with van der Waals surface area (Å²) < 4.78 is 2.02. The van der Waals surface area contributed by atoms with Gasteiger partial charge in [0.15, 0.2) is 0 Å². The number of nitrogens with one attached hydrogen (secondary N) is 1. The molecule has 20 heavy (non-hydrogen) atoms. The Hall–Kier alpha value is -2.02.